The summed E-state index contributed by atoms with van der Waals surface area (Å²) in [6.45, 7) is 0. The SMILES string of the molecule is NC(=O)[C@H](Cc1c(Cl)cccc1Cl)NC(=O)c1cccc([N+](=O)[O-])c1. The number of primary amides is 1. The second kappa shape index (κ2) is 7.96. The molecule has 25 heavy (non-hydrogen) atoms. The largest absolute Gasteiger partial charge is 0.368 e. The summed E-state index contributed by atoms with van der Waals surface area (Å²) in [6.07, 6.45) is -0.00545. The van der Waals surface area contributed by atoms with Crippen molar-refractivity contribution >= 4 is 40.7 Å². The van der Waals surface area contributed by atoms with Gasteiger partial charge in [-0.05, 0) is 23.8 Å². The van der Waals surface area contributed by atoms with Crippen LogP contribution in [-0.2, 0) is 11.2 Å². The molecule has 0 fully saturated rings. The topological polar surface area (TPSA) is 115 Å². The molecule has 0 heterocycles. The van der Waals surface area contributed by atoms with E-state index in [1.807, 2.05) is 0 Å². The summed E-state index contributed by atoms with van der Waals surface area (Å²) in [6, 6.07) is 8.90. The van der Waals surface area contributed by atoms with Crippen LogP contribution >= 0.6 is 23.2 Å². The zero-order valence-corrected chi connectivity index (χ0v) is 14.3. The summed E-state index contributed by atoms with van der Waals surface area (Å²) < 4.78 is 0. The molecule has 2 aromatic carbocycles. The zero-order chi connectivity index (χ0) is 18.6. The minimum atomic E-state index is -1.08. The Morgan fingerprint density at radius 3 is 2.32 bits per heavy atom. The van der Waals surface area contributed by atoms with Crippen LogP contribution in [0.4, 0.5) is 5.69 Å². The Morgan fingerprint density at radius 2 is 1.76 bits per heavy atom. The molecule has 0 aliphatic rings. The molecule has 7 nitrogen and oxygen atoms in total. The van der Waals surface area contributed by atoms with Gasteiger partial charge in [0.15, 0.2) is 0 Å². The van der Waals surface area contributed by atoms with Crippen LogP contribution in [0.3, 0.4) is 0 Å². The number of benzene rings is 2. The standard InChI is InChI=1S/C16H13Cl2N3O4/c17-12-5-2-6-13(18)11(12)8-14(15(19)22)20-16(23)9-3-1-4-10(7-9)21(24)25/h1-7,14H,8H2,(H2,19,22)(H,20,23)/t14-/m0/s1. The minimum absolute atomic E-state index is 0.00545. The summed E-state index contributed by atoms with van der Waals surface area (Å²) in [5.41, 5.74) is 5.60. The third kappa shape index (κ3) is 4.68. The van der Waals surface area contributed by atoms with E-state index in [0.29, 0.717) is 15.6 Å². The molecule has 0 unspecified atom stereocenters. The number of hydrogen-bond donors (Lipinski definition) is 2. The third-order valence-corrected chi connectivity index (χ3v) is 4.15. The molecule has 0 saturated heterocycles. The molecule has 3 N–H and O–H groups in total. The number of nitro benzene ring substituents is 1. The zero-order valence-electron chi connectivity index (χ0n) is 12.7. The molecule has 0 aliphatic carbocycles. The number of carbonyl (C=O) groups excluding carboxylic acids is 2. The maximum Gasteiger partial charge on any atom is 0.270 e. The fourth-order valence-electron chi connectivity index (χ4n) is 2.16. The fourth-order valence-corrected chi connectivity index (χ4v) is 2.71. The Morgan fingerprint density at radius 1 is 1.16 bits per heavy atom. The van der Waals surface area contributed by atoms with E-state index in [-0.39, 0.29) is 17.7 Å². The lowest BCUT2D eigenvalue weighted by Gasteiger charge is -2.17. The summed E-state index contributed by atoms with van der Waals surface area (Å²) in [4.78, 5) is 34.1. The smallest absolute Gasteiger partial charge is 0.270 e. The number of non-ortho nitro benzene ring substituents is 1. The van der Waals surface area contributed by atoms with Gasteiger partial charge in [0.1, 0.15) is 6.04 Å². The third-order valence-electron chi connectivity index (χ3n) is 3.44. The highest BCUT2D eigenvalue weighted by atomic mass is 35.5. The fraction of sp³-hybridized carbons (Fsp3) is 0.125. The number of nitrogens with zero attached hydrogens (tertiary/aromatic N) is 1. The number of nitro groups is 1. The van der Waals surface area contributed by atoms with Gasteiger partial charge in [-0.2, -0.15) is 0 Å². The van der Waals surface area contributed by atoms with Crippen molar-refractivity contribution in [3.8, 4) is 0 Å². The summed E-state index contributed by atoms with van der Waals surface area (Å²) in [5, 5.41) is 13.9. The van der Waals surface area contributed by atoms with Gasteiger partial charge in [0.25, 0.3) is 11.6 Å². The van der Waals surface area contributed by atoms with Crippen LogP contribution in [0, 0.1) is 10.1 Å². The van der Waals surface area contributed by atoms with Crippen molar-refractivity contribution in [1.29, 1.82) is 0 Å². The van der Waals surface area contributed by atoms with Crippen LogP contribution in [0.25, 0.3) is 0 Å². The van der Waals surface area contributed by atoms with Gasteiger partial charge in [0.05, 0.1) is 4.92 Å². The van der Waals surface area contributed by atoms with Crippen LogP contribution in [0.1, 0.15) is 15.9 Å². The molecule has 0 bridgehead atoms. The minimum Gasteiger partial charge on any atom is -0.368 e. The van der Waals surface area contributed by atoms with E-state index in [9.17, 15) is 19.7 Å². The van der Waals surface area contributed by atoms with Crippen molar-refractivity contribution in [2.45, 2.75) is 12.5 Å². The average Bonchev–Trinajstić information content (AvgIpc) is 2.57. The Kier molecular flexibility index (Phi) is 5.95. The number of halogens is 2. The molecule has 0 aliphatic heterocycles. The Balaban J connectivity index is 2.22. The lowest BCUT2D eigenvalue weighted by Crippen LogP contribution is -2.46. The van der Waals surface area contributed by atoms with Gasteiger partial charge in [-0.15, -0.1) is 0 Å². The normalized spacial score (nSPS) is 11.6. The first kappa shape index (κ1) is 18.7. The highest BCUT2D eigenvalue weighted by molar-refractivity contribution is 6.36. The number of rotatable bonds is 6. The number of hydrogen-bond acceptors (Lipinski definition) is 4. The molecular weight excluding hydrogens is 369 g/mol. The molecule has 0 saturated carbocycles. The van der Waals surface area contributed by atoms with E-state index < -0.39 is 22.8 Å². The van der Waals surface area contributed by atoms with Gasteiger partial charge in [-0.3, -0.25) is 19.7 Å². The molecule has 9 heteroatoms. The van der Waals surface area contributed by atoms with Crippen LogP contribution in [0.2, 0.25) is 10.0 Å². The van der Waals surface area contributed by atoms with Crippen LogP contribution in [-0.4, -0.2) is 22.8 Å². The highest BCUT2D eigenvalue weighted by Gasteiger charge is 2.22. The maximum atomic E-state index is 12.3. The lowest BCUT2D eigenvalue weighted by atomic mass is 10.0. The van der Waals surface area contributed by atoms with E-state index in [4.69, 9.17) is 28.9 Å². The quantitative estimate of drug-likeness (QED) is 0.590. The van der Waals surface area contributed by atoms with E-state index >= 15 is 0 Å². The number of amides is 2. The molecule has 0 aromatic heterocycles. The highest BCUT2D eigenvalue weighted by Crippen LogP contribution is 2.25. The maximum absolute atomic E-state index is 12.3. The number of nitrogens with two attached hydrogens (primary N) is 1. The lowest BCUT2D eigenvalue weighted by molar-refractivity contribution is -0.384. The van der Waals surface area contributed by atoms with Crippen molar-refractivity contribution in [2.24, 2.45) is 5.73 Å². The van der Waals surface area contributed by atoms with Gasteiger partial charge in [0.2, 0.25) is 5.91 Å². The van der Waals surface area contributed by atoms with E-state index in [1.54, 1.807) is 18.2 Å². The summed E-state index contributed by atoms with van der Waals surface area (Å²) >= 11 is 12.1. The van der Waals surface area contributed by atoms with E-state index in [0.717, 1.165) is 6.07 Å². The average molecular weight is 382 g/mol. The van der Waals surface area contributed by atoms with E-state index in [1.165, 1.54) is 18.2 Å². The molecule has 2 amide bonds. The Bertz CT molecular complexity index is 822. The molecular formula is C16H13Cl2N3O4. The first-order valence-electron chi connectivity index (χ1n) is 7.07. The Hall–Kier alpha value is -2.64. The van der Waals surface area contributed by atoms with Gasteiger partial charge < -0.3 is 11.1 Å². The van der Waals surface area contributed by atoms with Crippen molar-refractivity contribution in [3.63, 3.8) is 0 Å². The van der Waals surface area contributed by atoms with Gasteiger partial charge in [0, 0.05) is 34.2 Å². The van der Waals surface area contributed by atoms with Crippen molar-refractivity contribution in [3.05, 3.63) is 73.8 Å². The van der Waals surface area contributed by atoms with E-state index in [2.05, 4.69) is 5.32 Å². The predicted molar refractivity (Wildman–Crippen MR) is 93.7 cm³/mol. The van der Waals surface area contributed by atoms with Crippen molar-refractivity contribution in [1.82, 2.24) is 5.32 Å². The Labute approximate surface area is 152 Å². The molecule has 0 spiro atoms. The summed E-state index contributed by atoms with van der Waals surface area (Å²) in [5.74, 6) is -1.45. The summed E-state index contributed by atoms with van der Waals surface area (Å²) in [7, 11) is 0. The molecule has 1 atom stereocenters. The molecule has 130 valence electrons. The molecule has 0 radical (unpaired) electrons. The van der Waals surface area contributed by atoms with Crippen LogP contribution in [0.5, 0.6) is 0 Å². The number of carbonyl (C=O) groups is 2. The second-order valence-corrected chi connectivity index (χ2v) is 5.95. The molecule has 2 rings (SSSR count). The van der Waals surface area contributed by atoms with Gasteiger partial charge in [-0.25, -0.2) is 0 Å². The van der Waals surface area contributed by atoms with Crippen LogP contribution < -0.4 is 11.1 Å². The number of nitrogens with one attached hydrogen (secondary N) is 1. The first-order chi connectivity index (χ1) is 11.8. The first-order valence-corrected chi connectivity index (χ1v) is 7.82. The van der Waals surface area contributed by atoms with Crippen LogP contribution in [0.15, 0.2) is 42.5 Å². The predicted octanol–water partition coefficient (Wildman–Crippen LogP) is 2.73. The van der Waals surface area contributed by atoms with Crippen molar-refractivity contribution in [2.75, 3.05) is 0 Å². The molecule has 2 aromatic rings. The second-order valence-electron chi connectivity index (χ2n) is 5.14. The van der Waals surface area contributed by atoms with Gasteiger partial charge >= 0.3 is 0 Å². The monoisotopic (exact) mass is 381 g/mol. The van der Waals surface area contributed by atoms with Crippen molar-refractivity contribution < 1.29 is 14.5 Å². The van der Waals surface area contributed by atoms with Gasteiger partial charge in [-0.1, -0.05) is 35.3 Å².